The maximum Gasteiger partial charge on any atom is 0.123 e. The minimum atomic E-state index is -1.01. The number of anilines is 1. The number of fused-ring (bicyclic) bond motifs is 1. The lowest BCUT2D eigenvalue weighted by molar-refractivity contribution is 0.394. The van der Waals surface area contributed by atoms with Crippen LogP contribution in [0.1, 0.15) is 18.9 Å². The largest absolute Gasteiger partial charge is 0.353 e. The monoisotopic (exact) mass is 281 g/mol. The van der Waals surface area contributed by atoms with Gasteiger partial charge in [-0.3, -0.25) is 10.4 Å². The fourth-order valence-corrected chi connectivity index (χ4v) is 2.73. The van der Waals surface area contributed by atoms with Crippen molar-refractivity contribution < 1.29 is 4.39 Å². The molecule has 0 spiro atoms. The van der Waals surface area contributed by atoms with Crippen LogP contribution in [0.4, 0.5) is 10.1 Å². The summed E-state index contributed by atoms with van der Waals surface area (Å²) in [5.41, 5.74) is 5.27. The molecule has 1 aliphatic carbocycles. The number of allylic oxidation sites excluding steroid dienone is 5. The molecule has 1 aliphatic heterocycles. The third-order valence-corrected chi connectivity index (χ3v) is 3.88. The van der Waals surface area contributed by atoms with Gasteiger partial charge in [-0.05, 0) is 43.0 Å². The average Bonchev–Trinajstić information content (AvgIpc) is 2.84. The Kier molecular flexibility index (Phi) is 3.29. The molecule has 0 fully saturated rings. The van der Waals surface area contributed by atoms with Gasteiger partial charge in [0.1, 0.15) is 6.17 Å². The van der Waals surface area contributed by atoms with Crippen LogP contribution in [0.3, 0.4) is 0 Å². The Labute approximate surface area is 123 Å². The first kappa shape index (κ1) is 13.5. The van der Waals surface area contributed by atoms with Gasteiger partial charge in [0, 0.05) is 17.7 Å². The number of alkyl halides is 1. The zero-order chi connectivity index (χ0) is 15.0. The summed E-state index contributed by atoms with van der Waals surface area (Å²) in [7, 11) is 0. The van der Waals surface area contributed by atoms with Gasteiger partial charge in [0.2, 0.25) is 0 Å². The topological polar surface area (TPSA) is 48.2 Å². The van der Waals surface area contributed by atoms with Gasteiger partial charge in [-0.2, -0.15) is 0 Å². The molecule has 21 heavy (non-hydrogen) atoms. The molecule has 3 rings (SSSR count). The molecule has 1 unspecified atom stereocenters. The van der Waals surface area contributed by atoms with E-state index < -0.39 is 6.17 Å². The third-order valence-electron chi connectivity index (χ3n) is 3.88. The van der Waals surface area contributed by atoms with Gasteiger partial charge in [0.25, 0.3) is 0 Å². The van der Waals surface area contributed by atoms with E-state index in [4.69, 9.17) is 5.41 Å². The van der Waals surface area contributed by atoms with Crippen molar-refractivity contribution in [2.24, 2.45) is 4.99 Å². The smallest absolute Gasteiger partial charge is 0.123 e. The molecule has 0 saturated heterocycles. The Balaban J connectivity index is 2.08. The van der Waals surface area contributed by atoms with Crippen LogP contribution in [-0.4, -0.2) is 18.6 Å². The molecular formula is C17H16FN3. The normalized spacial score (nSPS) is 23.0. The van der Waals surface area contributed by atoms with E-state index in [1.807, 2.05) is 31.2 Å². The Hall–Kier alpha value is -2.49. The van der Waals surface area contributed by atoms with E-state index in [1.54, 1.807) is 6.08 Å². The van der Waals surface area contributed by atoms with Gasteiger partial charge >= 0.3 is 0 Å². The van der Waals surface area contributed by atoms with Crippen LogP contribution in [0, 0.1) is 5.41 Å². The summed E-state index contributed by atoms with van der Waals surface area (Å²) in [6.07, 6.45) is 2.41. The predicted molar refractivity (Wildman–Crippen MR) is 84.8 cm³/mol. The number of aliphatic imine (C=N–C) groups is 1. The lowest BCUT2D eigenvalue weighted by Gasteiger charge is -2.18. The van der Waals surface area contributed by atoms with E-state index in [0.717, 1.165) is 28.1 Å². The number of benzene rings is 1. The molecule has 0 saturated carbocycles. The van der Waals surface area contributed by atoms with Crippen LogP contribution in [0.2, 0.25) is 0 Å². The quantitative estimate of drug-likeness (QED) is 0.791. The highest BCUT2D eigenvalue weighted by atomic mass is 19.1. The highest BCUT2D eigenvalue weighted by Gasteiger charge is 2.26. The van der Waals surface area contributed by atoms with Crippen molar-refractivity contribution in [3.63, 3.8) is 0 Å². The third kappa shape index (κ3) is 2.23. The maximum atomic E-state index is 13.7. The van der Waals surface area contributed by atoms with Crippen molar-refractivity contribution in [1.82, 2.24) is 0 Å². The summed E-state index contributed by atoms with van der Waals surface area (Å²) in [6.45, 7) is 5.45. The Bertz CT molecular complexity index is 725. The van der Waals surface area contributed by atoms with Gasteiger partial charge in [0.05, 0.1) is 17.1 Å². The number of hydrogen-bond acceptors (Lipinski definition) is 3. The number of nitrogens with zero attached hydrogens (tertiary/aromatic N) is 1. The Morgan fingerprint density at radius 3 is 2.90 bits per heavy atom. The molecule has 0 radical (unpaired) electrons. The summed E-state index contributed by atoms with van der Waals surface area (Å²) in [5.74, 6) is 0. The first-order valence-corrected chi connectivity index (χ1v) is 6.80. The molecular weight excluding hydrogens is 265 g/mol. The maximum absolute atomic E-state index is 13.7. The van der Waals surface area contributed by atoms with Crippen LogP contribution < -0.4 is 5.32 Å². The highest BCUT2D eigenvalue weighted by Crippen LogP contribution is 2.34. The van der Waals surface area contributed by atoms with E-state index >= 15 is 0 Å². The van der Waals surface area contributed by atoms with Crippen LogP contribution in [0.25, 0.3) is 0 Å². The van der Waals surface area contributed by atoms with Crippen LogP contribution in [0.15, 0.2) is 64.0 Å². The molecule has 2 N–H and O–H groups in total. The molecule has 106 valence electrons. The average molecular weight is 281 g/mol. The Morgan fingerprint density at radius 1 is 1.43 bits per heavy atom. The number of para-hydroxylation sites is 1. The Morgan fingerprint density at radius 2 is 2.19 bits per heavy atom. The van der Waals surface area contributed by atoms with Crippen molar-refractivity contribution in [3.8, 4) is 0 Å². The molecule has 4 heteroatoms. The first-order valence-electron chi connectivity index (χ1n) is 6.80. The minimum absolute atomic E-state index is 0.269. The fourth-order valence-electron chi connectivity index (χ4n) is 2.73. The number of hydrogen-bond donors (Lipinski definition) is 2. The first-order chi connectivity index (χ1) is 10.1. The number of rotatable bonds is 2. The van der Waals surface area contributed by atoms with E-state index in [-0.39, 0.29) is 6.42 Å². The summed E-state index contributed by atoms with van der Waals surface area (Å²) in [6, 6.07) is 7.67. The van der Waals surface area contributed by atoms with Crippen molar-refractivity contribution in [1.29, 1.82) is 5.41 Å². The summed E-state index contributed by atoms with van der Waals surface area (Å²) < 4.78 is 13.7. The minimum Gasteiger partial charge on any atom is -0.353 e. The second-order valence-electron chi connectivity index (χ2n) is 5.15. The van der Waals surface area contributed by atoms with Crippen molar-refractivity contribution in [2.75, 3.05) is 5.32 Å². The second kappa shape index (κ2) is 5.13. The summed E-state index contributed by atoms with van der Waals surface area (Å²) >= 11 is 0. The lowest BCUT2D eigenvalue weighted by Crippen LogP contribution is -2.11. The fraction of sp³-hybridized carbons (Fsp3) is 0.176. The highest BCUT2D eigenvalue weighted by molar-refractivity contribution is 6.20. The van der Waals surface area contributed by atoms with E-state index in [0.29, 0.717) is 11.4 Å². The second-order valence-corrected chi connectivity index (χ2v) is 5.15. The molecule has 1 heterocycles. The van der Waals surface area contributed by atoms with Gasteiger partial charge in [-0.1, -0.05) is 18.2 Å². The van der Waals surface area contributed by atoms with Gasteiger partial charge in [-0.25, -0.2) is 4.39 Å². The van der Waals surface area contributed by atoms with Gasteiger partial charge in [-0.15, -0.1) is 0 Å². The SMILES string of the molecule is C=NC1=C(/C(C)=C2/Nc3ccccc3C2=N)CC(F)C=C1. The van der Waals surface area contributed by atoms with Crippen molar-refractivity contribution in [3.05, 3.63) is 64.5 Å². The molecule has 0 aromatic heterocycles. The van der Waals surface area contributed by atoms with E-state index in [2.05, 4.69) is 17.0 Å². The van der Waals surface area contributed by atoms with E-state index in [9.17, 15) is 4.39 Å². The molecule has 3 nitrogen and oxygen atoms in total. The lowest BCUT2D eigenvalue weighted by atomic mass is 9.92. The zero-order valence-corrected chi connectivity index (χ0v) is 11.8. The molecule has 1 aromatic rings. The van der Waals surface area contributed by atoms with Crippen LogP contribution in [-0.2, 0) is 0 Å². The summed E-state index contributed by atoms with van der Waals surface area (Å²) in [4.78, 5) is 3.97. The molecule has 2 aliphatic rings. The van der Waals surface area contributed by atoms with Crippen LogP contribution in [0.5, 0.6) is 0 Å². The molecule has 0 amide bonds. The predicted octanol–water partition coefficient (Wildman–Crippen LogP) is 4.01. The molecule has 1 atom stereocenters. The molecule has 0 bridgehead atoms. The van der Waals surface area contributed by atoms with Gasteiger partial charge in [0.15, 0.2) is 0 Å². The van der Waals surface area contributed by atoms with Crippen LogP contribution >= 0.6 is 0 Å². The standard InChI is InChI=1S/C17H16FN3/c1-10(13-9-11(18)7-8-14(13)20-2)17-16(19)12-5-3-4-6-15(12)21-17/h3-8,11,19,21H,2,9H2,1H3/b17-10+,19-16?. The van der Waals surface area contributed by atoms with Crippen molar-refractivity contribution >= 4 is 18.1 Å². The summed E-state index contributed by atoms with van der Waals surface area (Å²) in [5, 5.41) is 11.6. The van der Waals surface area contributed by atoms with E-state index in [1.165, 1.54) is 6.08 Å². The zero-order valence-electron chi connectivity index (χ0n) is 11.8. The molecule has 1 aromatic carbocycles. The number of halogens is 1. The van der Waals surface area contributed by atoms with Crippen molar-refractivity contribution in [2.45, 2.75) is 19.5 Å². The van der Waals surface area contributed by atoms with Gasteiger partial charge < -0.3 is 5.32 Å². The number of nitrogens with one attached hydrogen (secondary N) is 2.